The summed E-state index contributed by atoms with van der Waals surface area (Å²) in [6.07, 6.45) is 2.80. The average molecular weight is 308 g/mol. The molecule has 0 aliphatic rings. The molecule has 0 spiro atoms. The van der Waals surface area contributed by atoms with Gasteiger partial charge >= 0.3 is 0 Å². The van der Waals surface area contributed by atoms with E-state index in [0.29, 0.717) is 11.5 Å². The van der Waals surface area contributed by atoms with Crippen molar-refractivity contribution in [2.75, 3.05) is 5.32 Å². The third-order valence-corrected chi connectivity index (χ3v) is 3.51. The molecule has 0 saturated carbocycles. The number of nitrogens with zero attached hydrogens (tertiary/aromatic N) is 3. The number of anilines is 2. The van der Waals surface area contributed by atoms with Crippen molar-refractivity contribution in [1.29, 1.82) is 0 Å². The van der Waals surface area contributed by atoms with Crippen molar-refractivity contribution in [3.63, 3.8) is 0 Å². The largest absolute Gasteiger partial charge is 0.411 e. The van der Waals surface area contributed by atoms with E-state index in [-0.39, 0.29) is 11.1 Å². The van der Waals surface area contributed by atoms with E-state index >= 15 is 0 Å². The Kier molecular flexibility index (Phi) is 3.80. The average Bonchev–Trinajstić information content (AvgIpc) is 2.54. The summed E-state index contributed by atoms with van der Waals surface area (Å²) in [6, 6.07) is 11.4. The van der Waals surface area contributed by atoms with E-state index in [9.17, 15) is 4.79 Å². The lowest BCUT2D eigenvalue weighted by molar-refractivity contribution is 0.322. The van der Waals surface area contributed by atoms with Gasteiger partial charge < -0.3 is 10.5 Å². The van der Waals surface area contributed by atoms with Crippen molar-refractivity contribution < 1.29 is 5.21 Å². The maximum Gasteiger partial charge on any atom is 0.269 e. The second-order valence-electron chi connectivity index (χ2n) is 5.35. The van der Waals surface area contributed by atoms with E-state index in [4.69, 9.17) is 5.21 Å². The van der Waals surface area contributed by atoms with Crippen LogP contribution in [0.5, 0.6) is 0 Å². The minimum atomic E-state index is -0.300. The van der Waals surface area contributed by atoms with Gasteiger partial charge in [-0.2, -0.15) is 0 Å². The molecule has 0 atom stereocenters. The van der Waals surface area contributed by atoms with E-state index < -0.39 is 0 Å². The summed E-state index contributed by atoms with van der Waals surface area (Å²) in [5.74, 6) is 0.348. The lowest BCUT2D eigenvalue weighted by atomic mass is 10.2. The van der Waals surface area contributed by atoms with Crippen molar-refractivity contribution in [2.45, 2.75) is 13.8 Å². The van der Waals surface area contributed by atoms with Crippen molar-refractivity contribution >= 4 is 23.4 Å². The Morgan fingerprint density at radius 1 is 1.13 bits per heavy atom. The SMILES string of the molecule is Cc1ccc(Nc2nc3ccc(C)cn3c(=O)c2/C=N\O)cc1. The van der Waals surface area contributed by atoms with Gasteiger partial charge in [-0.05, 0) is 37.6 Å². The zero-order valence-electron chi connectivity index (χ0n) is 12.8. The molecule has 6 heteroatoms. The first-order valence-corrected chi connectivity index (χ1v) is 7.12. The van der Waals surface area contributed by atoms with Crippen LogP contribution in [0.1, 0.15) is 16.7 Å². The van der Waals surface area contributed by atoms with Gasteiger partial charge in [0.1, 0.15) is 17.0 Å². The van der Waals surface area contributed by atoms with E-state index in [2.05, 4.69) is 15.5 Å². The summed E-state index contributed by atoms with van der Waals surface area (Å²) in [7, 11) is 0. The normalized spacial score (nSPS) is 11.2. The van der Waals surface area contributed by atoms with Gasteiger partial charge in [0.25, 0.3) is 5.56 Å². The van der Waals surface area contributed by atoms with Crippen LogP contribution in [-0.2, 0) is 0 Å². The van der Waals surface area contributed by atoms with Crippen molar-refractivity contribution in [1.82, 2.24) is 9.38 Å². The van der Waals surface area contributed by atoms with E-state index in [0.717, 1.165) is 23.0 Å². The molecule has 2 N–H and O–H groups in total. The van der Waals surface area contributed by atoms with Gasteiger partial charge in [-0.15, -0.1) is 0 Å². The van der Waals surface area contributed by atoms with E-state index in [1.165, 1.54) is 4.40 Å². The number of benzene rings is 1. The minimum Gasteiger partial charge on any atom is -0.411 e. The van der Waals surface area contributed by atoms with Crippen LogP contribution < -0.4 is 10.9 Å². The number of fused-ring (bicyclic) bond motifs is 1. The molecule has 0 bridgehead atoms. The van der Waals surface area contributed by atoms with Gasteiger partial charge in [-0.3, -0.25) is 9.20 Å². The van der Waals surface area contributed by atoms with Crippen LogP contribution in [0.15, 0.2) is 52.5 Å². The number of aromatic nitrogens is 2. The number of hydrogen-bond acceptors (Lipinski definition) is 5. The highest BCUT2D eigenvalue weighted by molar-refractivity contribution is 5.87. The van der Waals surface area contributed by atoms with Crippen molar-refractivity contribution in [3.8, 4) is 0 Å². The summed E-state index contributed by atoms with van der Waals surface area (Å²) in [5.41, 5.74) is 3.28. The molecule has 2 heterocycles. The number of hydrogen-bond donors (Lipinski definition) is 2. The number of aryl methyl sites for hydroxylation is 2. The molecule has 6 nitrogen and oxygen atoms in total. The topological polar surface area (TPSA) is 79.0 Å². The summed E-state index contributed by atoms with van der Waals surface area (Å²) in [4.78, 5) is 17.1. The van der Waals surface area contributed by atoms with Crippen LogP contribution in [-0.4, -0.2) is 20.8 Å². The Morgan fingerprint density at radius 2 is 1.83 bits per heavy atom. The molecular weight excluding hydrogens is 292 g/mol. The highest BCUT2D eigenvalue weighted by Gasteiger charge is 2.12. The van der Waals surface area contributed by atoms with Gasteiger partial charge in [0.15, 0.2) is 0 Å². The van der Waals surface area contributed by atoms with Crippen LogP contribution in [0.4, 0.5) is 11.5 Å². The van der Waals surface area contributed by atoms with Gasteiger partial charge in [0.05, 0.1) is 6.21 Å². The van der Waals surface area contributed by atoms with Gasteiger partial charge in [-0.1, -0.05) is 28.9 Å². The van der Waals surface area contributed by atoms with Crippen molar-refractivity contribution in [3.05, 3.63) is 69.6 Å². The van der Waals surface area contributed by atoms with Gasteiger partial charge in [-0.25, -0.2) is 4.98 Å². The molecule has 1 aromatic carbocycles. The molecule has 3 aromatic rings. The molecular formula is C17H16N4O2. The molecule has 2 aromatic heterocycles. The highest BCUT2D eigenvalue weighted by atomic mass is 16.4. The smallest absolute Gasteiger partial charge is 0.269 e. The van der Waals surface area contributed by atoms with Crippen LogP contribution in [0.2, 0.25) is 0 Å². The lowest BCUT2D eigenvalue weighted by Gasteiger charge is -2.11. The maximum atomic E-state index is 12.6. The molecule has 0 radical (unpaired) electrons. The fourth-order valence-electron chi connectivity index (χ4n) is 2.30. The van der Waals surface area contributed by atoms with E-state index in [1.807, 2.05) is 44.2 Å². The van der Waals surface area contributed by atoms with Crippen molar-refractivity contribution in [2.24, 2.45) is 5.16 Å². The summed E-state index contributed by atoms with van der Waals surface area (Å²) < 4.78 is 1.44. The van der Waals surface area contributed by atoms with Gasteiger partial charge in [0.2, 0.25) is 0 Å². The molecule has 0 aliphatic carbocycles. The summed E-state index contributed by atoms with van der Waals surface area (Å²) in [6.45, 7) is 3.89. The van der Waals surface area contributed by atoms with Gasteiger partial charge in [0, 0.05) is 11.9 Å². The second kappa shape index (κ2) is 5.92. The fourth-order valence-corrected chi connectivity index (χ4v) is 2.30. The maximum absolute atomic E-state index is 12.6. The Balaban J connectivity index is 2.18. The summed E-state index contributed by atoms with van der Waals surface area (Å²) >= 11 is 0. The Bertz CT molecular complexity index is 943. The summed E-state index contributed by atoms with van der Waals surface area (Å²) in [5, 5.41) is 15.0. The molecule has 23 heavy (non-hydrogen) atoms. The first kappa shape index (κ1) is 14.8. The quantitative estimate of drug-likeness (QED) is 0.443. The molecule has 116 valence electrons. The predicted octanol–water partition coefficient (Wildman–Crippen LogP) is 2.86. The minimum absolute atomic E-state index is 0.191. The molecule has 0 amide bonds. The fraction of sp³-hybridized carbons (Fsp3) is 0.118. The third-order valence-electron chi connectivity index (χ3n) is 3.51. The zero-order chi connectivity index (χ0) is 16.4. The standard InChI is InChI=1S/C17H16N4O2/c1-11-3-6-13(7-4-11)19-16-14(9-18-23)17(22)21-10-12(2)5-8-15(21)20-16/h3-10,19,23H,1-2H3/b18-9-. The van der Waals surface area contributed by atoms with Crippen LogP contribution in [0.25, 0.3) is 5.65 Å². The van der Waals surface area contributed by atoms with Crippen LogP contribution >= 0.6 is 0 Å². The Labute approximate surface area is 132 Å². The number of nitrogens with one attached hydrogen (secondary N) is 1. The van der Waals surface area contributed by atoms with E-state index in [1.54, 1.807) is 12.3 Å². The van der Waals surface area contributed by atoms with Crippen LogP contribution in [0.3, 0.4) is 0 Å². The van der Waals surface area contributed by atoms with Crippen LogP contribution in [0, 0.1) is 13.8 Å². The third kappa shape index (κ3) is 2.91. The zero-order valence-corrected chi connectivity index (χ0v) is 12.8. The Morgan fingerprint density at radius 3 is 2.52 bits per heavy atom. The highest BCUT2D eigenvalue weighted by Crippen LogP contribution is 2.17. The number of oxime groups is 1. The lowest BCUT2D eigenvalue weighted by Crippen LogP contribution is -2.22. The number of rotatable bonds is 3. The molecule has 0 saturated heterocycles. The Hall–Kier alpha value is -3.15. The number of pyridine rings is 1. The predicted molar refractivity (Wildman–Crippen MR) is 90.0 cm³/mol. The molecule has 0 unspecified atom stereocenters. The second-order valence-corrected chi connectivity index (χ2v) is 5.35. The first-order valence-electron chi connectivity index (χ1n) is 7.12. The molecule has 0 fully saturated rings. The molecule has 0 aliphatic heterocycles. The molecule has 3 rings (SSSR count). The first-order chi connectivity index (χ1) is 11.1. The monoisotopic (exact) mass is 308 g/mol.